The molecule has 0 aromatic heterocycles. The number of hydrogen-bond acceptors (Lipinski definition) is 6. The maximum Gasteiger partial charge on any atom is 0.238 e. The van der Waals surface area contributed by atoms with Crippen LogP contribution < -0.4 is 14.4 Å². The fourth-order valence-electron chi connectivity index (χ4n) is 6.93. The third-order valence-corrected chi connectivity index (χ3v) is 8.36. The van der Waals surface area contributed by atoms with Crippen LogP contribution in [0.2, 0.25) is 0 Å². The van der Waals surface area contributed by atoms with Gasteiger partial charge < -0.3 is 14.3 Å². The quantitative estimate of drug-likeness (QED) is 0.541. The van der Waals surface area contributed by atoms with Gasteiger partial charge in [-0.25, -0.2) is 0 Å². The minimum absolute atomic E-state index is 0.0155. The monoisotopic (exact) mass is 468 g/mol. The number of benzene rings is 3. The summed E-state index contributed by atoms with van der Waals surface area (Å²) in [6.45, 7) is 0. The van der Waals surface area contributed by atoms with Gasteiger partial charge in [0.2, 0.25) is 11.8 Å². The molecule has 7 nitrogen and oxygen atoms in total. The molecule has 7 heteroatoms. The highest BCUT2D eigenvalue weighted by atomic mass is 16.6. The summed E-state index contributed by atoms with van der Waals surface area (Å²) in [6, 6.07) is 19.4. The molecule has 1 saturated heterocycles. The van der Waals surface area contributed by atoms with E-state index in [2.05, 4.69) is 5.16 Å². The van der Waals surface area contributed by atoms with Gasteiger partial charge >= 0.3 is 0 Å². The number of carbonyl (C=O) groups is 2. The predicted molar refractivity (Wildman–Crippen MR) is 129 cm³/mol. The third-order valence-electron chi connectivity index (χ3n) is 8.36. The molecule has 0 spiro atoms. The molecule has 2 aliphatic carbocycles. The smallest absolute Gasteiger partial charge is 0.238 e. The molecule has 2 bridgehead atoms. The molecule has 2 amide bonds. The minimum atomic E-state index is -0.347. The lowest BCUT2D eigenvalue weighted by Gasteiger charge is -2.29. The average molecular weight is 469 g/mol. The summed E-state index contributed by atoms with van der Waals surface area (Å²) in [5.74, 6) is 0.350. The lowest BCUT2D eigenvalue weighted by atomic mass is 9.71. The molecule has 3 aromatic carbocycles. The Labute approximate surface area is 202 Å². The Balaban J connectivity index is 1.23. The molecule has 3 fully saturated rings. The van der Waals surface area contributed by atoms with Crippen LogP contribution >= 0.6 is 0 Å². The van der Waals surface area contributed by atoms with E-state index in [0.29, 0.717) is 17.2 Å². The van der Waals surface area contributed by atoms with Crippen LogP contribution in [-0.4, -0.2) is 37.8 Å². The lowest BCUT2D eigenvalue weighted by molar-refractivity contribution is -0.125. The first-order valence-electron chi connectivity index (χ1n) is 11.9. The second-order valence-corrected chi connectivity index (χ2v) is 9.80. The Morgan fingerprint density at radius 3 is 2.34 bits per heavy atom. The van der Waals surface area contributed by atoms with Crippen molar-refractivity contribution in [2.45, 2.75) is 12.5 Å². The third kappa shape index (κ3) is 2.69. The SMILES string of the molecule is COc1ccc(C2=NO[C@@H]3[C@H]4C[C@H]([C@H]5C(=O)N(c6ccc7ccccc7c6)C(=O)[C@@H]45)[C@H]23)cc1OC. The number of rotatable bonds is 4. The van der Waals surface area contributed by atoms with Crippen LogP contribution in [0.1, 0.15) is 12.0 Å². The van der Waals surface area contributed by atoms with Crippen molar-refractivity contribution in [3.63, 3.8) is 0 Å². The molecule has 0 N–H and O–H groups in total. The van der Waals surface area contributed by atoms with Crippen molar-refractivity contribution in [3.05, 3.63) is 66.2 Å². The maximum absolute atomic E-state index is 13.7. The van der Waals surface area contributed by atoms with Crippen LogP contribution in [0.4, 0.5) is 5.69 Å². The van der Waals surface area contributed by atoms with E-state index in [1.807, 2.05) is 60.7 Å². The molecule has 2 aliphatic heterocycles. The van der Waals surface area contributed by atoms with E-state index >= 15 is 0 Å². The van der Waals surface area contributed by atoms with Crippen LogP contribution in [0, 0.1) is 29.6 Å². The van der Waals surface area contributed by atoms with Crippen molar-refractivity contribution in [3.8, 4) is 11.5 Å². The van der Waals surface area contributed by atoms with Crippen molar-refractivity contribution >= 4 is 34.0 Å². The summed E-state index contributed by atoms with van der Waals surface area (Å²) >= 11 is 0. The number of nitrogens with zero attached hydrogens (tertiary/aromatic N) is 2. The summed E-state index contributed by atoms with van der Waals surface area (Å²) in [5.41, 5.74) is 2.36. The van der Waals surface area contributed by atoms with E-state index in [1.165, 1.54) is 4.90 Å². The second-order valence-electron chi connectivity index (χ2n) is 9.80. The van der Waals surface area contributed by atoms with E-state index in [-0.39, 0.29) is 47.5 Å². The van der Waals surface area contributed by atoms with E-state index in [0.717, 1.165) is 28.5 Å². The molecule has 176 valence electrons. The predicted octanol–water partition coefficient (Wildman–Crippen LogP) is 4.03. The highest BCUT2D eigenvalue weighted by molar-refractivity contribution is 6.23. The van der Waals surface area contributed by atoms with Crippen LogP contribution in [-0.2, 0) is 14.4 Å². The number of anilines is 1. The zero-order valence-corrected chi connectivity index (χ0v) is 19.4. The Kier molecular flexibility index (Phi) is 4.28. The summed E-state index contributed by atoms with van der Waals surface area (Å²) in [5, 5.41) is 6.52. The molecular formula is C28H24N2O5. The maximum atomic E-state index is 13.7. The molecule has 35 heavy (non-hydrogen) atoms. The van der Waals surface area contributed by atoms with Crippen molar-refractivity contribution < 1.29 is 23.9 Å². The summed E-state index contributed by atoms with van der Waals surface area (Å²) < 4.78 is 10.8. The summed E-state index contributed by atoms with van der Waals surface area (Å²) in [7, 11) is 3.20. The largest absolute Gasteiger partial charge is 0.493 e. The van der Waals surface area contributed by atoms with Gasteiger partial charge in [-0.05, 0) is 53.4 Å². The number of amides is 2. The fraction of sp³-hybridized carbons (Fsp3) is 0.321. The molecule has 2 saturated carbocycles. The number of oxime groups is 1. The Hall–Kier alpha value is -3.87. The number of methoxy groups -OCH3 is 2. The molecule has 3 aromatic rings. The molecule has 7 rings (SSSR count). The summed E-state index contributed by atoms with van der Waals surface area (Å²) in [4.78, 5) is 34.7. The van der Waals surface area contributed by atoms with E-state index in [9.17, 15) is 9.59 Å². The first-order valence-corrected chi connectivity index (χ1v) is 11.9. The molecule has 6 atom stereocenters. The summed E-state index contributed by atoms with van der Waals surface area (Å²) in [6.07, 6.45) is 0.623. The number of carbonyl (C=O) groups excluding carboxylic acids is 2. The topological polar surface area (TPSA) is 77.4 Å². The van der Waals surface area contributed by atoms with Crippen molar-refractivity contribution in [2.24, 2.45) is 34.7 Å². The molecule has 2 heterocycles. The van der Waals surface area contributed by atoms with Crippen molar-refractivity contribution in [2.75, 3.05) is 19.1 Å². The highest BCUT2D eigenvalue weighted by Gasteiger charge is 2.70. The van der Waals surface area contributed by atoms with E-state index in [1.54, 1.807) is 14.2 Å². The number of fused-ring (bicyclic) bond motifs is 9. The fourth-order valence-corrected chi connectivity index (χ4v) is 6.93. The molecule has 4 aliphatic rings. The van der Waals surface area contributed by atoms with Gasteiger partial charge in [0.05, 0.1) is 37.5 Å². The van der Waals surface area contributed by atoms with E-state index < -0.39 is 0 Å². The Morgan fingerprint density at radius 2 is 1.57 bits per heavy atom. The standard InChI is InChI=1S/C28H24N2O5/c1-33-20-10-8-16(12-21(20)34-2)25-24-18-13-19(26(24)35-29-25)23-22(18)27(31)30(28(23)32)17-9-7-14-5-3-4-6-15(14)11-17/h3-12,18-19,22-24,26H,13H2,1-2H3/t18-,19+,22-,23+,24-,26-/m1/s1. The molecule has 0 unspecified atom stereocenters. The van der Waals surface area contributed by atoms with Crippen LogP contribution in [0.5, 0.6) is 11.5 Å². The Morgan fingerprint density at radius 1 is 0.829 bits per heavy atom. The van der Waals surface area contributed by atoms with Gasteiger partial charge in [-0.3, -0.25) is 14.5 Å². The average Bonchev–Trinajstić information content (AvgIpc) is 3.63. The number of imide groups is 1. The zero-order chi connectivity index (χ0) is 23.8. The van der Waals surface area contributed by atoms with Gasteiger partial charge in [-0.1, -0.05) is 35.5 Å². The highest BCUT2D eigenvalue weighted by Crippen LogP contribution is 2.62. The lowest BCUT2D eigenvalue weighted by Crippen LogP contribution is -2.41. The first-order chi connectivity index (χ1) is 17.1. The minimum Gasteiger partial charge on any atom is -0.493 e. The number of ether oxygens (including phenoxy) is 2. The van der Waals surface area contributed by atoms with Crippen LogP contribution in [0.3, 0.4) is 0 Å². The number of hydrogen-bond donors (Lipinski definition) is 0. The van der Waals surface area contributed by atoms with Crippen molar-refractivity contribution in [1.82, 2.24) is 0 Å². The molecular weight excluding hydrogens is 444 g/mol. The van der Waals surface area contributed by atoms with Crippen LogP contribution in [0.15, 0.2) is 65.8 Å². The van der Waals surface area contributed by atoms with Crippen LogP contribution in [0.25, 0.3) is 10.8 Å². The zero-order valence-electron chi connectivity index (χ0n) is 19.4. The van der Waals surface area contributed by atoms with Gasteiger partial charge in [-0.15, -0.1) is 0 Å². The van der Waals surface area contributed by atoms with Crippen molar-refractivity contribution in [1.29, 1.82) is 0 Å². The normalized spacial score (nSPS) is 30.3. The first kappa shape index (κ1) is 20.5. The van der Waals surface area contributed by atoms with Gasteiger partial charge in [0.25, 0.3) is 0 Å². The molecule has 0 radical (unpaired) electrons. The van der Waals surface area contributed by atoms with Gasteiger partial charge in [-0.2, -0.15) is 0 Å². The second kappa shape index (κ2) is 7.31. The van der Waals surface area contributed by atoms with E-state index in [4.69, 9.17) is 14.3 Å². The van der Waals surface area contributed by atoms with Gasteiger partial charge in [0, 0.05) is 17.4 Å². The van der Waals surface area contributed by atoms with Gasteiger partial charge in [0.1, 0.15) is 6.10 Å². The Bertz CT molecular complexity index is 1430. The van der Waals surface area contributed by atoms with Gasteiger partial charge in [0.15, 0.2) is 11.5 Å².